The number of para-hydroxylation sites is 1. The number of rotatable bonds is 6. The van der Waals surface area contributed by atoms with Crippen molar-refractivity contribution in [2.75, 3.05) is 6.54 Å². The molecule has 0 saturated carbocycles. The minimum Gasteiger partial charge on any atom is -0.313 e. The van der Waals surface area contributed by atoms with Crippen molar-refractivity contribution < 1.29 is 0 Å². The molecule has 0 aliphatic carbocycles. The van der Waals surface area contributed by atoms with Crippen LogP contribution in [-0.4, -0.2) is 16.3 Å². The quantitative estimate of drug-likeness (QED) is 0.804. The van der Waals surface area contributed by atoms with Gasteiger partial charge in [0.1, 0.15) is 0 Å². The first-order chi connectivity index (χ1) is 9.24. The maximum Gasteiger partial charge on any atom is 0.0677 e. The molecule has 0 atom stereocenters. The third-order valence-corrected chi connectivity index (χ3v) is 3.48. The molecular weight excluding hydrogens is 234 g/mol. The van der Waals surface area contributed by atoms with Crippen LogP contribution in [0.3, 0.4) is 0 Å². The van der Waals surface area contributed by atoms with Gasteiger partial charge in [-0.1, -0.05) is 31.5 Å². The van der Waals surface area contributed by atoms with Crippen LogP contribution in [0.5, 0.6) is 0 Å². The van der Waals surface area contributed by atoms with E-state index in [0.29, 0.717) is 0 Å². The normalized spacial score (nSPS) is 10.9. The lowest BCUT2D eigenvalue weighted by atomic mass is 10.2. The second-order valence-electron chi connectivity index (χ2n) is 4.98. The summed E-state index contributed by atoms with van der Waals surface area (Å²) < 4.78 is 2.03. The Morgan fingerprint density at radius 3 is 2.74 bits per heavy atom. The molecule has 0 aliphatic heterocycles. The van der Waals surface area contributed by atoms with Gasteiger partial charge in [0, 0.05) is 17.8 Å². The molecule has 19 heavy (non-hydrogen) atoms. The van der Waals surface area contributed by atoms with Crippen LogP contribution in [0.15, 0.2) is 30.5 Å². The summed E-state index contributed by atoms with van der Waals surface area (Å²) in [5.74, 6) is 0. The molecule has 1 aromatic carbocycles. The number of aryl methyl sites for hydroxylation is 1. The minimum absolute atomic E-state index is 0.901. The molecule has 3 heteroatoms. The Balaban J connectivity index is 2.12. The first-order valence-corrected chi connectivity index (χ1v) is 7.04. The van der Waals surface area contributed by atoms with E-state index in [2.05, 4.69) is 55.5 Å². The van der Waals surface area contributed by atoms with E-state index in [-0.39, 0.29) is 0 Å². The summed E-state index contributed by atoms with van der Waals surface area (Å²) in [4.78, 5) is 0. The van der Waals surface area contributed by atoms with E-state index in [1.54, 1.807) is 0 Å². The van der Waals surface area contributed by atoms with Crippen molar-refractivity contribution in [3.8, 4) is 5.69 Å². The molecule has 102 valence electrons. The Morgan fingerprint density at radius 2 is 2.00 bits per heavy atom. The van der Waals surface area contributed by atoms with Crippen LogP contribution in [0.4, 0.5) is 0 Å². The smallest absolute Gasteiger partial charge is 0.0677 e. The highest BCUT2D eigenvalue weighted by Crippen LogP contribution is 2.17. The third-order valence-electron chi connectivity index (χ3n) is 3.48. The van der Waals surface area contributed by atoms with Gasteiger partial charge in [-0.15, -0.1) is 0 Å². The van der Waals surface area contributed by atoms with E-state index in [1.807, 2.05) is 10.9 Å². The summed E-state index contributed by atoms with van der Waals surface area (Å²) >= 11 is 0. The second-order valence-corrected chi connectivity index (χ2v) is 4.98. The van der Waals surface area contributed by atoms with Crippen LogP contribution in [-0.2, 0) is 6.54 Å². The molecule has 0 unspecified atom stereocenters. The van der Waals surface area contributed by atoms with E-state index in [0.717, 1.165) is 13.1 Å². The maximum absolute atomic E-state index is 4.52. The van der Waals surface area contributed by atoms with Gasteiger partial charge in [0.2, 0.25) is 0 Å². The zero-order valence-corrected chi connectivity index (χ0v) is 12.1. The van der Waals surface area contributed by atoms with E-state index in [1.165, 1.54) is 35.3 Å². The average Bonchev–Trinajstić information content (AvgIpc) is 2.77. The molecule has 1 aromatic heterocycles. The van der Waals surface area contributed by atoms with E-state index in [9.17, 15) is 0 Å². The summed E-state index contributed by atoms with van der Waals surface area (Å²) in [6.45, 7) is 8.44. The first-order valence-electron chi connectivity index (χ1n) is 7.04. The Labute approximate surface area is 115 Å². The average molecular weight is 257 g/mol. The summed E-state index contributed by atoms with van der Waals surface area (Å²) in [5, 5.41) is 7.99. The Morgan fingerprint density at radius 1 is 1.21 bits per heavy atom. The molecule has 0 bridgehead atoms. The van der Waals surface area contributed by atoms with Crippen molar-refractivity contribution in [1.29, 1.82) is 0 Å². The number of unbranched alkanes of at least 4 members (excludes halogenated alkanes) is 1. The molecule has 1 heterocycles. The molecule has 0 aliphatic rings. The van der Waals surface area contributed by atoms with Crippen molar-refractivity contribution in [2.24, 2.45) is 0 Å². The Hall–Kier alpha value is -1.61. The standard InChI is InChI=1S/C16H23N3/c1-4-5-10-17-11-15-12-18-19(14(15)3)16-9-7-6-8-13(16)2/h6-9,12,17H,4-5,10-11H2,1-3H3. The zero-order chi connectivity index (χ0) is 13.7. The van der Waals surface area contributed by atoms with E-state index in [4.69, 9.17) is 0 Å². The van der Waals surface area contributed by atoms with Crippen LogP contribution in [0.2, 0.25) is 0 Å². The zero-order valence-electron chi connectivity index (χ0n) is 12.1. The van der Waals surface area contributed by atoms with Crippen molar-refractivity contribution in [2.45, 2.75) is 40.2 Å². The number of nitrogens with one attached hydrogen (secondary N) is 1. The van der Waals surface area contributed by atoms with Crippen molar-refractivity contribution in [3.05, 3.63) is 47.3 Å². The molecule has 3 nitrogen and oxygen atoms in total. The molecule has 0 saturated heterocycles. The van der Waals surface area contributed by atoms with Gasteiger partial charge in [-0.3, -0.25) is 0 Å². The van der Waals surface area contributed by atoms with Gasteiger partial charge in [0.15, 0.2) is 0 Å². The fourth-order valence-electron chi connectivity index (χ4n) is 2.19. The summed E-state index contributed by atoms with van der Waals surface area (Å²) in [5.41, 5.74) is 4.91. The minimum atomic E-state index is 0.901. The van der Waals surface area contributed by atoms with E-state index < -0.39 is 0 Å². The van der Waals surface area contributed by atoms with Crippen LogP contribution in [0.25, 0.3) is 5.69 Å². The SMILES string of the molecule is CCCCNCc1cnn(-c2ccccc2C)c1C. The third kappa shape index (κ3) is 3.24. The molecule has 0 amide bonds. The summed E-state index contributed by atoms with van der Waals surface area (Å²) in [6.07, 6.45) is 4.43. The van der Waals surface area contributed by atoms with Gasteiger partial charge < -0.3 is 5.32 Å². The number of aromatic nitrogens is 2. The topological polar surface area (TPSA) is 29.9 Å². The fraction of sp³-hybridized carbons (Fsp3) is 0.438. The maximum atomic E-state index is 4.52. The lowest BCUT2D eigenvalue weighted by Gasteiger charge is -2.09. The highest BCUT2D eigenvalue weighted by Gasteiger charge is 2.08. The summed E-state index contributed by atoms with van der Waals surface area (Å²) in [6, 6.07) is 8.35. The predicted octanol–water partition coefficient (Wildman–Crippen LogP) is 3.38. The molecule has 0 fully saturated rings. The summed E-state index contributed by atoms with van der Waals surface area (Å²) in [7, 11) is 0. The number of hydrogen-bond donors (Lipinski definition) is 1. The van der Waals surface area contributed by atoms with Crippen LogP contribution in [0, 0.1) is 13.8 Å². The van der Waals surface area contributed by atoms with Crippen molar-refractivity contribution in [1.82, 2.24) is 15.1 Å². The largest absolute Gasteiger partial charge is 0.313 e. The van der Waals surface area contributed by atoms with Gasteiger partial charge in [0.05, 0.1) is 11.9 Å². The van der Waals surface area contributed by atoms with Gasteiger partial charge in [-0.05, 0) is 38.4 Å². The van der Waals surface area contributed by atoms with Crippen LogP contribution in [0.1, 0.15) is 36.6 Å². The molecule has 0 radical (unpaired) electrons. The molecule has 1 N–H and O–H groups in total. The highest BCUT2D eigenvalue weighted by molar-refractivity contribution is 5.41. The predicted molar refractivity (Wildman–Crippen MR) is 79.7 cm³/mol. The lowest BCUT2D eigenvalue weighted by Crippen LogP contribution is -2.15. The molecule has 0 spiro atoms. The molecule has 2 rings (SSSR count). The number of benzene rings is 1. The van der Waals surface area contributed by atoms with Crippen LogP contribution < -0.4 is 5.32 Å². The van der Waals surface area contributed by atoms with Crippen molar-refractivity contribution >= 4 is 0 Å². The highest BCUT2D eigenvalue weighted by atomic mass is 15.3. The molecular formula is C16H23N3. The van der Waals surface area contributed by atoms with Gasteiger partial charge in [-0.25, -0.2) is 4.68 Å². The van der Waals surface area contributed by atoms with Crippen molar-refractivity contribution in [3.63, 3.8) is 0 Å². The number of hydrogen-bond acceptors (Lipinski definition) is 2. The second kappa shape index (κ2) is 6.53. The number of nitrogens with zero attached hydrogens (tertiary/aromatic N) is 2. The van der Waals surface area contributed by atoms with Gasteiger partial charge in [-0.2, -0.15) is 5.10 Å². The first kappa shape index (κ1) is 13.8. The Bertz CT molecular complexity index is 529. The monoisotopic (exact) mass is 257 g/mol. The van der Waals surface area contributed by atoms with Gasteiger partial charge in [0.25, 0.3) is 0 Å². The van der Waals surface area contributed by atoms with Crippen LogP contribution >= 0.6 is 0 Å². The van der Waals surface area contributed by atoms with E-state index >= 15 is 0 Å². The Kier molecular flexibility index (Phi) is 4.74. The van der Waals surface area contributed by atoms with Gasteiger partial charge >= 0.3 is 0 Å². The fourth-order valence-corrected chi connectivity index (χ4v) is 2.19. The molecule has 2 aromatic rings. The lowest BCUT2D eigenvalue weighted by molar-refractivity contribution is 0.639.